The van der Waals surface area contributed by atoms with Crippen molar-refractivity contribution in [3.05, 3.63) is 36.1 Å². The number of benzene rings is 1. The van der Waals surface area contributed by atoms with Crippen LogP contribution >= 0.6 is 0 Å². The molecule has 0 amide bonds. The standard InChI is InChI=1S/C9H5F2NO3S/c10-7-3-1-6(2-4-7)8-5-9(15-12-8)16(11,13)14/h1-5H. The zero-order valence-corrected chi connectivity index (χ0v) is 8.54. The van der Waals surface area contributed by atoms with Gasteiger partial charge in [0.25, 0.3) is 5.09 Å². The Labute approximate surface area is 89.7 Å². The third-order valence-electron chi connectivity index (χ3n) is 1.87. The van der Waals surface area contributed by atoms with E-state index in [1.54, 1.807) is 0 Å². The first-order valence-electron chi connectivity index (χ1n) is 4.14. The first-order valence-corrected chi connectivity index (χ1v) is 5.52. The zero-order valence-electron chi connectivity index (χ0n) is 7.72. The van der Waals surface area contributed by atoms with Gasteiger partial charge >= 0.3 is 10.2 Å². The molecule has 1 heterocycles. The molecular formula is C9H5F2NO3S. The van der Waals surface area contributed by atoms with Gasteiger partial charge in [0, 0.05) is 11.6 Å². The van der Waals surface area contributed by atoms with Crippen LogP contribution in [-0.4, -0.2) is 13.6 Å². The third-order valence-corrected chi connectivity index (χ3v) is 2.54. The number of hydrogen-bond donors (Lipinski definition) is 0. The van der Waals surface area contributed by atoms with Crippen molar-refractivity contribution < 1.29 is 21.2 Å². The average Bonchev–Trinajstić information content (AvgIpc) is 2.67. The van der Waals surface area contributed by atoms with Gasteiger partial charge < -0.3 is 4.52 Å². The molecule has 4 nitrogen and oxygen atoms in total. The second-order valence-electron chi connectivity index (χ2n) is 2.98. The van der Waals surface area contributed by atoms with E-state index in [2.05, 4.69) is 9.68 Å². The van der Waals surface area contributed by atoms with Crippen molar-refractivity contribution in [2.45, 2.75) is 5.09 Å². The summed E-state index contributed by atoms with van der Waals surface area (Å²) in [5, 5.41) is 2.50. The predicted molar refractivity (Wildman–Crippen MR) is 50.2 cm³/mol. The smallest absolute Gasteiger partial charge is 0.341 e. The van der Waals surface area contributed by atoms with Gasteiger partial charge in [-0.3, -0.25) is 0 Å². The number of nitrogens with zero attached hydrogens (tertiary/aromatic N) is 1. The van der Waals surface area contributed by atoms with Crippen LogP contribution in [0.25, 0.3) is 11.3 Å². The lowest BCUT2D eigenvalue weighted by atomic mass is 10.1. The fourth-order valence-electron chi connectivity index (χ4n) is 1.13. The summed E-state index contributed by atoms with van der Waals surface area (Å²) in [6, 6.07) is 6.04. The Kier molecular flexibility index (Phi) is 2.47. The SMILES string of the molecule is O=S(=O)(F)c1cc(-c2ccc(F)cc2)no1. The predicted octanol–water partition coefficient (Wildman–Crippen LogP) is 2.14. The van der Waals surface area contributed by atoms with Crippen LogP contribution in [0.2, 0.25) is 0 Å². The van der Waals surface area contributed by atoms with Crippen molar-refractivity contribution in [3.63, 3.8) is 0 Å². The highest BCUT2D eigenvalue weighted by Crippen LogP contribution is 2.22. The zero-order chi connectivity index (χ0) is 11.8. The summed E-state index contributed by atoms with van der Waals surface area (Å²) < 4.78 is 50.3. The summed E-state index contributed by atoms with van der Waals surface area (Å²) in [4.78, 5) is 0. The molecule has 0 fully saturated rings. The van der Waals surface area contributed by atoms with Crippen molar-refractivity contribution in [1.29, 1.82) is 0 Å². The van der Waals surface area contributed by atoms with Crippen molar-refractivity contribution in [1.82, 2.24) is 5.16 Å². The van der Waals surface area contributed by atoms with E-state index in [1.165, 1.54) is 24.3 Å². The molecule has 0 aliphatic heterocycles. The van der Waals surface area contributed by atoms with E-state index < -0.39 is 21.1 Å². The lowest BCUT2D eigenvalue weighted by Crippen LogP contribution is -1.87. The second kappa shape index (κ2) is 3.67. The molecule has 0 spiro atoms. The summed E-state index contributed by atoms with van der Waals surface area (Å²) in [6.07, 6.45) is 0. The Hall–Kier alpha value is -1.76. The van der Waals surface area contributed by atoms with Gasteiger partial charge in [-0.2, -0.15) is 8.42 Å². The van der Waals surface area contributed by atoms with Crippen molar-refractivity contribution >= 4 is 10.2 Å². The Balaban J connectivity index is 2.43. The molecular weight excluding hydrogens is 240 g/mol. The lowest BCUT2D eigenvalue weighted by Gasteiger charge is -1.93. The third kappa shape index (κ3) is 2.08. The molecule has 16 heavy (non-hydrogen) atoms. The first-order chi connectivity index (χ1) is 7.47. The van der Waals surface area contributed by atoms with Crippen LogP contribution in [0.5, 0.6) is 0 Å². The molecule has 0 saturated carbocycles. The maximum absolute atomic E-state index is 12.6. The Bertz CT molecular complexity index is 604. The second-order valence-corrected chi connectivity index (χ2v) is 4.25. The van der Waals surface area contributed by atoms with Crippen LogP contribution in [0.4, 0.5) is 8.28 Å². The van der Waals surface area contributed by atoms with Gasteiger partial charge in [0.2, 0.25) is 0 Å². The van der Waals surface area contributed by atoms with E-state index in [4.69, 9.17) is 0 Å². The van der Waals surface area contributed by atoms with Crippen LogP contribution in [0.1, 0.15) is 0 Å². The van der Waals surface area contributed by atoms with E-state index in [0.717, 1.165) is 6.07 Å². The largest absolute Gasteiger partial charge is 0.368 e. The molecule has 0 aliphatic carbocycles. The molecule has 0 radical (unpaired) electrons. The van der Waals surface area contributed by atoms with Gasteiger partial charge in [-0.05, 0) is 24.3 Å². The minimum absolute atomic E-state index is 0.122. The molecule has 0 saturated heterocycles. The van der Waals surface area contributed by atoms with Crippen LogP contribution in [0.15, 0.2) is 39.9 Å². The van der Waals surface area contributed by atoms with Crippen molar-refractivity contribution in [3.8, 4) is 11.3 Å². The molecule has 1 aromatic heterocycles. The fraction of sp³-hybridized carbons (Fsp3) is 0. The highest BCUT2D eigenvalue weighted by atomic mass is 32.3. The Morgan fingerprint density at radius 1 is 1.19 bits per heavy atom. The molecule has 0 N–H and O–H groups in total. The van der Waals surface area contributed by atoms with Gasteiger partial charge in [0.1, 0.15) is 11.5 Å². The number of hydrogen-bond acceptors (Lipinski definition) is 4. The van der Waals surface area contributed by atoms with E-state index in [-0.39, 0.29) is 5.69 Å². The number of rotatable bonds is 2. The topological polar surface area (TPSA) is 60.2 Å². The van der Waals surface area contributed by atoms with Gasteiger partial charge in [0.05, 0.1) is 0 Å². The summed E-state index contributed by atoms with van der Waals surface area (Å²) in [6.45, 7) is 0. The van der Waals surface area contributed by atoms with E-state index in [9.17, 15) is 16.7 Å². The Morgan fingerprint density at radius 2 is 1.81 bits per heavy atom. The summed E-state index contributed by atoms with van der Waals surface area (Å²) in [5.41, 5.74) is 0.552. The molecule has 0 bridgehead atoms. The molecule has 2 rings (SSSR count). The average molecular weight is 245 g/mol. The van der Waals surface area contributed by atoms with Gasteiger partial charge in [-0.1, -0.05) is 9.04 Å². The van der Waals surface area contributed by atoms with Crippen LogP contribution in [-0.2, 0) is 10.2 Å². The molecule has 2 aromatic rings. The quantitative estimate of drug-likeness (QED) is 0.760. The highest BCUT2D eigenvalue weighted by molar-refractivity contribution is 7.86. The van der Waals surface area contributed by atoms with Crippen LogP contribution in [0, 0.1) is 5.82 Å². The van der Waals surface area contributed by atoms with Crippen LogP contribution in [0.3, 0.4) is 0 Å². The molecule has 0 unspecified atom stereocenters. The van der Waals surface area contributed by atoms with Gasteiger partial charge in [-0.15, -0.1) is 0 Å². The van der Waals surface area contributed by atoms with E-state index in [0.29, 0.717) is 5.56 Å². The maximum atomic E-state index is 12.6. The molecule has 0 atom stereocenters. The Morgan fingerprint density at radius 3 is 2.31 bits per heavy atom. The van der Waals surface area contributed by atoms with E-state index in [1.807, 2.05) is 0 Å². The summed E-state index contributed by atoms with van der Waals surface area (Å²) >= 11 is 0. The maximum Gasteiger partial charge on any atom is 0.368 e. The molecule has 1 aromatic carbocycles. The van der Waals surface area contributed by atoms with E-state index >= 15 is 0 Å². The first kappa shape index (κ1) is 10.7. The summed E-state index contributed by atoms with van der Waals surface area (Å²) in [5.74, 6) is -0.439. The van der Waals surface area contributed by atoms with Crippen molar-refractivity contribution in [2.75, 3.05) is 0 Å². The number of halogens is 2. The van der Waals surface area contributed by atoms with Crippen molar-refractivity contribution in [2.24, 2.45) is 0 Å². The van der Waals surface area contributed by atoms with Gasteiger partial charge in [0.15, 0.2) is 0 Å². The summed E-state index contributed by atoms with van der Waals surface area (Å²) in [7, 11) is -4.90. The molecule has 0 aliphatic rings. The molecule has 7 heteroatoms. The lowest BCUT2D eigenvalue weighted by molar-refractivity contribution is 0.334. The van der Waals surface area contributed by atoms with Gasteiger partial charge in [-0.25, -0.2) is 4.39 Å². The highest BCUT2D eigenvalue weighted by Gasteiger charge is 2.19. The fourth-order valence-corrected chi connectivity index (χ4v) is 1.51. The monoisotopic (exact) mass is 245 g/mol. The van der Waals surface area contributed by atoms with Crippen LogP contribution < -0.4 is 0 Å². The number of aromatic nitrogens is 1. The minimum atomic E-state index is -4.90. The minimum Gasteiger partial charge on any atom is -0.341 e. The normalized spacial score (nSPS) is 11.6. The molecule has 84 valence electrons.